The van der Waals surface area contributed by atoms with Crippen LogP contribution in [0.4, 0.5) is 0 Å². The molecule has 2 N–H and O–H groups in total. The van der Waals surface area contributed by atoms with E-state index in [1.807, 2.05) is 0 Å². The van der Waals surface area contributed by atoms with Crippen LogP contribution in [-0.4, -0.2) is 48.6 Å². The normalized spacial score (nSPS) is 17.6. The molecular formula is C13H19O7P. The van der Waals surface area contributed by atoms with Crippen LogP contribution in [0.1, 0.15) is 13.3 Å². The molecule has 21 heavy (non-hydrogen) atoms. The number of carbonyl (C=O) groups is 2. The number of carbonyl (C=O) groups excluding carboxylic acids is 2. The molecule has 0 saturated carbocycles. The Morgan fingerprint density at radius 1 is 1.29 bits per heavy atom. The van der Waals surface area contributed by atoms with Crippen molar-refractivity contribution in [1.29, 1.82) is 0 Å². The molecule has 0 bridgehead atoms. The maximum Gasteiger partial charge on any atom is 0.320 e. The van der Waals surface area contributed by atoms with Gasteiger partial charge in [0, 0.05) is 0 Å². The van der Waals surface area contributed by atoms with E-state index in [0.29, 0.717) is 5.76 Å². The Morgan fingerprint density at radius 2 is 1.95 bits per heavy atom. The standard InChI is InChI=1S/C13H19O7P/c1-13(12(17)19-7-5-15,9-11(16)18-6-4-14)10-3-2-8-21-20-10/h2-3,8,14-15,21H,4-7,9H2,1H3. The van der Waals surface area contributed by atoms with Gasteiger partial charge in [-0.1, -0.05) is 6.08 Å². The van der Waals surface area contributed by atoms with Crippen molar-refractivity contribution in [3.63, 3.8) is 0 Å². The molecule has 0 aliphatic carbocycles. The lowest BCUT2D eigenvalue weighted by Crippen LogP contribution is -2.36. The smallest absolute Gasteiger partial charge is 0.320 e. The third-order valence-corrected chi connectivity index (χ3v) is 3.42. The van der Waals surface area contributed by atoms with Gasteiger partial charge in [-0.15, -0.1) is 0 Å². The highest BCUT2D eigenvalue weighted by molar-refractivity contribution is 7.36. The summed E-state index contributed by atoms with van der Waals surface area (Å²) in [6, 6.07) is 0. The van der Waals surface area contributed by atoms with Crippen LogP contribution in [0.3, 0.4) is 0 Å². The van der Waals surface area contributed by atoms with Gasteiger partial charge in [0.2, 0.25) is 0 Å². The summed E-state index contributed by atoms with van der Waals surface area (Å²) in [5.41, 5.74) is -1.33. The lowest BCUT2D eigenvalue weighted by Gasteiger charge is -2.29. The molecule has 0 saturated heterocycles. The van der Waals surface area contributed by atoms with Crippen molar-refractivity contribution < 1.29 is 33.8 Å². The van der Waals surface area contributed by atoms with E-state index in [-0.39, 0.29) is 41.7 Å². The molecule has 0 aromatic carbocycles. The molecule has 0 spiro atoms. The van der Waals surface area contributed by atoms with Crippen molar-refractivity contribution in [2.24, 2.45) is 5.41 Å². The quantitative estimate of drug-likeness (QED) is 0.495. The predicted molar refractivity (Wildman–Crippen MR) is 75.4 cm³/mol. The van der Waals surface area contributed by atoms with Crippen LogP contribution < -0.4 is 0 Å². The molecule has 1 aliphatic heterocycles. The van der Waals surface area contributed by atoms with E-state index in [0.717, 1.165) is 0 Å². The van der Waals surface area contributed by atoms with Gasteiger partial charge in [0.25, 0.3) is 0 Å². The zero-order valence-corrected chi connectivity index (χ0v) is 12.7. The second-order valence-corrected chi connectivity index (χ2v) is 5.20. The van der Waals surface area contributed by atoms with Crippen LogP contribution in [0.15, 0.2) is 23.7 Å². The highest BCUT2D eigenvalue weighted by Crippen LogP contribution is 2.40. The number of aliphatic hydroxyl groups is 2. The van der Waals surface area contributed by atoms with E-state index >= 15 is 0 Å². The second-order valence-electron chi connectivity index (χ2n) is 4.42. The fraction of sp³-hybridized carbons (Fsp3) is 0.538. The molecule has 1 rings (SSSR count). The first-order valence-corrected chi connectivity index (χ1v) is 7.37. The molecule has 8 heteroatoms. The Kier molecular flexibility index (Phi) is 7.36. The van der Waals surface area contributed by atoms with E-state index in [9.17, 15) is 9.59 Å². The molecule has 1 heterocycles. The maximum atomic E-state index is 12.2. The molecule has 0 aromatic heterocycles. The van der Waals surface area contributed by atoms with Gasteiger partial charge in [-0.25, -0.2) is 0 Å². The fourth-order valence-corrected chi connectivity index (χ4v) is 2.32. The highest BCUT2D eigenvalue weighted by atomic mass is 31.1. The van der Waals surface area contributed by atoms with Crippen molar-refractivity contribution in [3.05, 3.63) is 23.7 Å². The average Bonchev–Trinajstić information content (AvgIpc) is 2.51. The summed E-state index contributed by atoms with van der Waals surface area (Å²) < 4.78 is 15.1. The van der Waals surface area contributed by atoms with Crippen molar-refractivity contribution in [2.45, 2.75) is 13.3 Å². The summed E-state index contributed by atoms with van der Waals surface area (Å²) in [5.74, 6) is 0.776. The molecule has 2 unspecified atom stereocenters. The Morgan fingerprint density at radius 3 is 2.52 bits per heavy atom. The third kappa shape index (κ3) is 5.12. The molecule has 0 radical (unpaired) electrons. The number of hydrogen-bond acceptors (Lipinski definition) is 7. The number of hydrogen-bond donors (Lipinski definition) is 2. The van der Waals surface area contributed by atoms with Gasteiger partial charge in [-0.05, 0) is 18.8 Å². The van der Waals surface area contributed by atoms with Gasteiger partial charge < -0.3 is 24.2 Å². The topological polar surface area (TPSA) is 102 Å². The first kappa shape index (κ1) is 17.6. The van der Waals surface area contributed by atoms with E-state index in [1.165, 1.54) is 6.92 Å². The Hall–Kier alpha value is -1.43. The summed E-state index contributed by atoms with van der Waals surface area (Å²) >= 11 is 0. The summed E-state index contributed by atoms with van der Waals surface area (Å²) in [7, 11) is 0.0501. The number of rotatable bonds is 8. The average molecular weight is 318 g/mol. The van der Waals surface area contributed by atoms with E-state index in [1.54, 1.807) is 18.0 Å². The molecular weight excluding hydrogens is 299 g/mol. The van der Waals surface area contributed by atoms with Crippen LogP contribution in [-0.2, 0) is 23.6 Å². The first-order chi connectivity index (χ1) is 10.0. The van der Waals surface area contributed by atoms with Crippen LogP contribution in [0, 0.1) is 5.41 Å². The summed E-state index contributed by atoms with van der Waals surface area (Å²) in [6.07, 6.45) is 3.05. The number of aliphatic hydroxyl groups excluding tert-OH is 2. The molecule has 0 fully saturated rings. The molecule has 0 amide bonds. The lowest BCUT2D eigenvalue weighted by atomic mass is 9.84. The van der Waals surface area contributed by atoms with E-state index in [4.69, 9.17) is 24.2 Å². The van der Waals surface area contributed by atoms with Crippen LogP contribution >= 0.6 is 8.81 Å². The van der Waals surface area contributed by atoms with Crippen LogP contribution in [0.5, 0.6) is 0 Å². The second kappa shape index (κ2) is 8.77. The number of ether oxygens (including phenoxy) is 2. The summed E-state index contributed by atoms with van der Waals surface area (Å²) in [4.78, 5) is 23.9. The van der Waals surface area contributed by atoms with Crippen molar-refractivity contribution in [1.82, 2.24) is 0 Å². The molecule has 0 aromatic rings. The van der Waals surface area contributed by atoms with Gasteiger partial charge in [0.05, 0.1) is 28.4 Å². The van der Waals surface area contributed by atoms with E-state index < -0.39 is 17.4 Å². The highest BCUT2D eigenvalue weighted by Gasteiger charge is 2.43. The Labute approximate surface area is 124 Å². The Balaban J connectivity index is 2.87. The fourth-order valence-electron chi connectivity index (χ4n) is 1.66. The van der Waals surface area contributed by atoms with Gasteiger partial charge in [-0.2, -0.15) is 0 Å². The number of allylic oxidation sites excluding steroid dienone is 2. The molecule has 2 atom stereocenters. The largest absolute Gasteiger partial charge is 0.476 e. The zero-order chi connectivity index (χ0) is 15.7. The minimum absolute atomic E-state index is 0.0501. The SMILES string of the molecule is CC(CC(=O)OCCO)(C(=O)OCCO)C1=CC=CPO1. The lowest BCUT2D eigenvalue weighted by molar-refractivity contribution is -0.161. The van der Waals surface area contributed by atoms with Crippen LogP contribution in [0.25, 0.3) is 0 Å². The van der Waals surface area contributed by atoms with E-state index in [2.05, 4.69) is 0 Å². The van der Waals surface area contributed by atoms with Gasteiger partial charge in [0.15, 0.2) is 0 Å². The molecule has 7 nitrogen and oxygen atoms in total. The van der Waals surface area contributed by atoms with Crippen LogP contribution in [0.2, 0.25) is 0 Å². The summed E-state index contributed by atoms with van der Waals surface area (Å²) in [6.45, 7) is 0.620. The molecule has 1 aliphatic rings. The predicted octanol–water partition coefficient (Wildman–Crippen LogP) is 0.475. The van der Waals surface area contributed by atoms with Gasteiger partial charge in [0.1, 0.15) is 24.4 Å². The number of esters is 2. The monoisotopic (exact) mass is 318 g/mol. The third-order valence-electron chi connectivity index (χ3n) is 2.75. The van der Waals surface area contributed by atoms with Crippen molar-refractivity contribution >= 4 is 20.7 Å². The van der Waals surface area contributed by atoms with Crippen molar-refractivity contribution in [2.75, 3.05) is 26.4 Å². The van der Waals surface area contributed by atoms with Gasteiger partial charge in [-0.3, -0.25) is 9.59 Å². The Bertz CT molecular complexity index is 432. The van der Waals surface area contributed by atoms with Crippen molar-refractivity contribution in [3.8, 4) is 0 Å². The maximum absolute atomic E-state index is 12.2. The minimum atomic E-state index is -1.33. The molecule has 118 valence electrons. The first-order valence-electron chi connectivity index (χ1n) is 6.39. The zero-order valence-electron chi connectivity index (χ0n) is 11.7. The minimum Gasteiger partial charge on any atom is -0.476 e. The van der Waals surface area contributed by atoms with Gasteiger partial charge >= 0.3 is 11.9 Å². The summed E-state index contributed by atoms with van der Waals surface area (Å²) in [5, 5.41) is 17.4.